The maximum atomic E-state index is 10.8. The molecule has 16 heavy (non-hydrogen) atoms. The van der Waals surface area contributed by atoms with Crippen LogP contribution >= 0.6 is 0 Å². The number of carboxylic acids is 1. The molecule has 0 amide bonds. The molecule has 2 atom stereocenters. The minimum Gasteiger partial charge on any atom is -0.480 e. The van der Waals surface area contributed by atoms with E-state index in [4.69, 9.17) is 9.53 Å². The van der Waals surface area contributed by atoms with Gasteiger partial charge < -0.3 is 14.8 Å². The molecule has 1 fully saturated rings. The van der Waals surface area contributed by atoms with E-state index in [1.54, 1.807) is 0 Å². The summed E-state index contributed by atoms with van der Waals surface area (Å²) in [5.41, 5.74) is 0. The first-order chi connectivity index (χ1) is 7.13. The second-order valence-electron chi connectivity index (χ2n) is 6.03. The topological polar surface area (TPSA) is 58.6 Å². The van der Waals surface area contributed by atoms with Crippen LogP contribution < -0.4 is 5.32 Å². The van der Waals surface area contributed by atoms with Crippen LogP contribution in [0.2, 0.25) is 18.1 Å². The normalized spacial score (nSPS) is 27.1. The summed E-state index contributed by atoms with van der Waals surface area (Å²) >= 11 is 0. The molecule has 0 spiro atoms. The summed E-state index contributed by atoms with van der Waals surface area (Å²) in [5.74, 6) is -0.777. The number of hydrogen-bond donors (Lipinski definition) is 2. The fraction of sp³-hybridized carbons (Fsp3) is 0.909. The van der Waals surface area contributed by atoms with Crippen molar-refractivity contribution in [2.75, 3.05) is 6.54 Å². The zero-order valence-electron chi connectivity index (χ0n) is 10.8. The molecule has 5 heteroatoms. The number of nitrogens with one attached hydrogen (secondary N) is 1. The molecule has 0 saturated carbocycles. The van der Waals surface area contributed by atoms with Crippen LogP contribution in [0, 0.1) is 0 Å². The van der Waals surface area contributed by atoms with Crippen molar-refractivity contribution in [1.82, 2.24) is 5.32 Å². The first kappa shape index (κ1) is 13.7. The van der Waals surface area contributed by atoms with Gasteiger partial charge >= 0.3 is 5.97 Å². The monoisotopic (exact) mass is 245 g/mol. The summed E-state index contributed by atoms with van der Waals surface area (Å²) in [6, 6.07) is -0.435. The summed E-state index contributed by atoms with van der Waals surface area (Å²) in [5, 5.41) is 12.0. The molecule has 2 N–H and O–H groups in total. The van der Waals surface area contributed by atoms with Crippen molar-refractivity contribution in [2.45, 2.75) is 57.5 Å². The highest BCUT2D eigenvalue weighted by molar-refractivity contribution is 6.74. The first-order valence-electron chi connectivity index (χ1n) is 5.77. The summed E-state index contributed by atoms with van der Waals surface area (Å²) < 4.78 is 6.16. The molecule has 4 nitrogen and oxygen atoms in total. The number of carbonyl (C=O) groups is 1. The van der Waals surface area contributed by atoms with Gasteiger partial charge in [-0.1, -0.05) is 20.8 Å². The van der Waals surface area contributed by atoms with Gasteiger partial charge in [0.2, 0.25) is 0 Å². The minimum absolute atomic E-state index is 0.0574. The molecular formula is C11H23NO3Si. The van der Waals surface area contributed by atoms with E-state index >= 15 is 0 Å². The van der Waals surface area contributed by atoms with Gasteiger partial charge in [0.05, 0.1) is 6.10 Å². The quantitative estimate of drug-likeness (QED) is 0.745. The molecule has 1 aliphatic heterocycles. The van der Waals surface area contributed by atoms with Crippen LogP contribution in [0.1, 0.15) is 27.2 Å². The smallest absolute Gasteiger partial charge is 0.320 e. The Balaban J connectivity index is 2.54. The summed E-state index contributed by atoms with van der Waals surface area (Å²) in [6.45, 7) is 11.6. The fourth-order valence-corrected chi connectivity index (χ4v) is 2.94. The van der Waals surface area contributed by atoms with Gasteiger partial charge in [-0.3, -0.25) is 4.79 Å². The van der Waals surface area contributed by atoms with E-state index in [0.29, 0.717) is 13.0 Å². The van der Waals surface area contributed by atoms with Crippen LogP contribution in [0.3, 0.4) is 0 Å². The third-order valence-electron chi connectivity index (χ3n) is 3.66. The third-order valence-corrected chi connectivity index (χ3v) is 8.19. The van der Waals surface area contributed by atoms with Crippen LogP contribution in [0.25, 0.3) is 0 Å². The predicted octanol–water partition coefficient (Wildman–Crippen LogP) is 1.82. The average molecular weight is 245 g/mol. The molecule has 0 radical (unpaired) electrons. The van der Waals surface area contributed by atoms with Crippen molar-refractivity contribution in [2.24, 2.45) is 0 Å². The summed E-state index contributed by atoms with van der Waals surface area (Å²) in [6.07, 6.45) is 0.643. The maximum Gasteiger partial charge on any atom is 0.320 e. The maximum absolute atomic E-state index is 10.8. The van der Waals surface area contributed by atoms with Crippen LogP contribution in [-0.2, 0) is 9.22 Å². The van der Waals surface area contributed by atoms with E-state index in [1.165, 1.54) is 0 Å². The van der Waals surface area contributed by atoms with Gasteiger partial charge in [0, 0.05) is 6.54 Å². The van der Waals surface area contributed by atoms with Crippen LogP contribution in [0.4, 0.5) is 0 Å². The van der Waals surface area contributed by atoms with Crippen LogP contribution in [0.15, 0.2) is 0 Å². The van der Waals surface area contributed by atoms with E-state index in [0.717, 1.165) is 0 Å². The molecule has 1 aliphatic rings. The number of aliphatic carboxylic acids is 1. The Morgan fingerprint density at radius 1 is 1.44 bits per heavy atom. The van der Waals surface area contributed by atoms with E-state index in [-0.39, 0.29) is 11.1 Å². The molecule has 1 saturated heterocycles. The van der Waals surface area contributed by atoms with Crippen molar-refractivity contribution in [3.05, 3.63) is 0 Å². The number of hydrogen-bond acceptors (Lipinski definition) is 3. The van der Waals surface area contributed by atoms with Gasteiger partial charge in [-0.15, -0.1) is 0 Å². The Morgan fingerprint density at radius 3 is 2.38 bits per heavy atom. The van der Waals surface area contributed by atoms with E-state index in [1.807, 2.05) is 0 Å². The molecule has 0 aromatic heterocycles. The predicted molar refractivity (Wildman–Crippen MR) is 66.1 cm³/mol. The molecule has 0 aromatic rings. The Bertz CT molecular complexity index is 273. The number of rotatable bonds is 3. The standard InChI is InChI=1S/C11H23NO3Si/c1-11(2,3)16(4,5)15-8-6-9(10(13)14)12-7-8/h8-9,12H,6-7H2,1-5H3,(H,13,14)/t8-,9+/m0/s1. The highest BCUT2D eigenvalue weighted by Crippen LogP contribution is 2.38. The Hall–Kier alpha value is -0.393. The van der Waals surface area contributed by atoms with Crippen molar-refractivity contribution >= 4 is 14.3 Å². The molecule has 94 valence electrons. The lowest BCUT2D eigenvalue weighted by atomic mass is 10.2. The van der Waals surface area contributed by atoms with E-state index in [9.17, 15) is 4.79 Å². The Labute approximate surface area is 98.5 Å². The molecule has 0 unspecified atom stereocenters. The molecular weight excluding hydrogens is 222 g/mol. The second kappa shape index (κ2) is 4.47. The van der Waals surface area contributed by atoms with Crippen molar-refractivity contribution in [3.8, 4) is 0 Å². The molecule has 1 heterocycles. The van der Waals surface area contributed by atoms with Crippen molar-refractivity contribution in [3.63, 3.8) is 0 Å². The van der Waals surface area contributed by atoms with E-state index < -0.39 is 20.3 Å². The zero-order valence-corrected chi connectivity index (χ0v) is 11.8. The number of carboxylic acid groups (broad SMARTS) is 1. The largest absolute Gasteiger partial charge is 0.480 e. The molecule has 0 aliphatic carbocycles. The zero-order chi connectivity index (χ0) is 12.6. The van der Waals surface area contributed by atoms with Crippen molar-refractivity contribution < 1.29 is 14.3 Å². The third kappa shape index (κ3) is 3.05. The van der Waals surface area contributed by atoms with E-state index in [2.05, 4.69) is 39.2 Å². The van der Waals surface area contributed by atoms with Gasteiger partial charge in [0.15, 0.2) is 8.32 Å². The lowest BCUT2D eigenvalue weighted by molar-refractivity contribution is -0.139. The van der Waals surface area contributed by atoms with Gasteiger partial charge in [-0.2, -0.15) is 0 Å². The van der Waals surface area contributed by atoms with Gasteiger partial charge in [-0.05, 0) is 24.6 Å². The first-order valence-corrected chi connectivity index (χ1v) is 8.68. The SMILES string of the molecule is CC(C)(C)[Si](C)(C)O[C@@H]1CN[C@@H](C(=O)O)C1. The highest BCUT2D eigenvalue weighted by atomic mass is 28.4. The Kier molecular flexibility index (Phi) is 3.82. The molecule has 0 bridgehead atoms. The van der Waals surface area contributed by atoms with Gasteiger partial charge in [0.25, 0.3) is 0 Å². The molecule has 0 aromatic carbocycles. The van der Waals surface area contributed by atoms with Gasteiger partial charge in [0.1, 0.15) is 6.04 Å². The van der Waals surface area contributed by atoms with Crippen molar-refractivity contribution in [1.29, 1.82) is 0 Å². The average Bonchev–Trinajstić information content (AvgIpc) is 2.49. The van der Waals surface area contributed by atoms with Gasteiger partial charge in [-0.25, -0.2) is 0 Å². The summed E-state index contributed by atoms with van der Waals surface area (Å²) in [7, 11) is -1.77. The lowest BCUT2D eigenvalue weighted by Gasteiger charge is -2.38. The highest BCUT2D eigenvalue weighted by Gasteiger charge is 2.41. The second-order valence-corrected chi connectivity index (χ2v) is 10.8. The minimum atomic E-state index is -1.77. The molecule has 1 rings (SSSR count). The lowest BCUT2D eigenvalue weighted by Crippen LogP contribution is -2.44. The Morgan fingerprint density at radius 2 is 2.00 bits per heavy atom. The van der Waals surface area contributed by atoms with Crippen LogP contribution in [0.5, 0.6) is 0 Å². The van der Waals surface area contributed by atoms with Crippen LogP contribution in [-0.4, -0.2) is 38.1 Å². The summed E-state index contributed by atoms with van der Waals surface area (Å²) in [4.78, 5) is 10.8. The fourth-order valence-electron chi connectivity index (χ4n) is 1.57.